The van der Waals surface area contributed by atoms with Crippen molar-refractivity contribution in [3.05, 3.63) is 0 Å². The number of rotatable bonds is 33. The van der Waals surface area contributed by atoms with E-state index in [1.807, 2.05) is 0 Å². The summed E-state index contributed by atoms with van der Waals surface area (Å²) in [6.45, 7) is 7.06. The average Bonchev–Trinajstić information content (AvgIpc) is 2.90. The van der Waals surface area contributed by atoms with Gasteiger partial charge in [-0.25, -0.2) is 0 Å². The van der Waals surface area contributed by atoms with Gasteiger partial charge in [-0.15, -0.1) is 0 Å². The van der Waals surface area contributed by atoms with Gasteiger partial charge in [-0.2, -0.15) is 0 Å². The molecule has 0 saturated heterocycles. The fourth-order valence-electron chi connectivity index (χ4n) is 6.15. The van der Waals surface area contributed by atoms with Crippen LogP contribution in [0.4, 0.5) is 0 Å². The Bertz CT molecular complexity index is 372. The van der Waals surface area contributed by atoms with E-state index < -0.39 is 0 Å². The summed E-state index contributed by atoms with van der Waals surface area (Å²) in [5.41, 5.74) is 0. The van der Waals surface area contributed by atoms with Gasteiger partial charge in [0.2, 0.25) is 0 Å². The number of hydrogen-bond acceptors (Lipinski definition) is 0. The highest BCUT2D eigenvalue weighted by atomic mass is 14.1. The normalized spacial score (nSPS) is 12.4. The molecule has 37 heavy (non-hydrogen) atoms. The van der Waals surface area contributed by atoms with Crippen molar-refractivity contribution in [1.29, 1.82) is 0 Å². The molecule has 0 aliphatic carbocycles. The Morgan fingerprint density at radius 3 is 0.676 bits per heavy atom. The van der Waals surface area contributed by atoms with Crippen molar-refractivity contribution in [1.82, 2.24) is 0 Å². The molecule has 0 N–H and O–H groups in total. The Kier molecular flexibility index (Phi) is 34.0. The van der Waals surface area contributed by atoms with E-state index >= 15 is 0 Å². The second kappa shape index (κ2) is 34.0. The van der Waals surface area contributed by atoms with Crippen molar-refractivity contribution in [2.45, 2.75) is 233 Å². The third-order valence-electron chi connectivity index (χ3n) is 8.83. The van der Waals surface area contributed by atoms with Gasteiger partial charge >= 0.3 is 0 Å². The van der Waals surface area contributed by atoms with Crippen LogP contribution in [-0.4, -0.2) is 0 Å². The lowest BCUT2D eigenvalue weighted by Gasteiger charge is -2.09. The smallest absolute Gasteiger partial charge is 0.0443 e. The molecule has 0 aromatic rings. The van der Waals surface area contributed by atoms with E-state index in [-0.39, 0.29) is 0 Å². The fourth-order valence-corrected chi connectivity index (χ4v) is 6.15. The minimum absolute atomic E-state index is 0.962. The standard InChI is InChI=1S/C37H76/c1-4-6-7-8-9-10-11-12-13-14-15-16-17-18-19-20-21-22-23-24-25-26-27-28-29-30-31-32-33-34-36-37(3)35-5-2/h37H,4-36H2,1-3H3. The zero-order chi connectivity index (χ0) is 26.9. The average molecular weight is 521 g/mol. The maximum atomic E-state index is 2.44. The van der Waals surface area contributed by atoms with Crippen molar-refractivity contribution in [3.8, 4) is 0 Å². The second-order valence-electron chi connectivity index (χ2n) is 12.9. The Morgan fingerprint density at radius 1 is 0.243 bits per heavy atom. The molecule has 0 aliphatic heterocycles. The predicted octanol–water partition coefficient (Wildman–Crippen LogP) is 14.5. The van der Waals surface area contributed by atoms with Crippen molar-refractivity contribution in [2.24, 2.45) is 5.92 Å². The van der Waals surface area contributed by atoms with Crippen LogP contribution in [0.3, 0.4) is 0 Å². The molecule has 0 aromatic heterocycles. The van der Waals surface area contributed by atoms with E-state index in [0.717, 1.165) is 5.92 Å². The minimum atomic E-state index is 0.962. The molecule has 1 atom stereocenters. The molecule has 0 rings (SSSR count). The van der Waals surface area contributed by atoms with Crippen molar-refractivity contribution < 1.29 is 0 Å². The lowest BCUT2D eigenvalue weighted by atomic mass is 9.98. The highest BCUT2D eigenvalue weighted by molar-refractivity contribution is 4.55. The summed E-state index contributed by atoms with van der Waals surface area (Å²) in [6, 6.07) is 0. The third kappa shape index (κ3) is 34.0. The van der Waals surface area contributed by atoms with Gasteiger partial charge in [0.15, 0.2) is 0 Å². The van der Waals surface area contributed by atoms with Crippen LogP contribution in [0, 0.1) is 5.92 Å². The summed E-state index contributed by atoms with van der Waals surface area (Å²) in [5.74, 6) is 0.962. The quantitative estimate of drug-likeness (QED) is 0.0754. The van der Waals surface area contributed by atoms with Gasteiger partial charge in [-0.1, -0.05) is 233 Å². The molecule has 0 heterocycles. The van der Waals surface area contributed by atoms with Crippen LogP contribution in [0.1, 0.15) is 233 Å². The van der Waals surface area contributed by atoms with Gasteiger partial charge in [0.1, 0.15) is 0 Å². The van der Waals surface area contributed by atoms with Crippen molar-refractivity contribution >= 4 is 0 Å². The maximum absolute atomic E-state index is 2.44. The van der Waals surface area contributed by atoms with E-state index in [1.165, 1.54) is 212 Å². The summed E-state index contributed by atoms with van der Waals surface area (Å²) in [7, 11) is 0. The first kappa shape index (κ1) is 37.0. The molecule has 224 valence electrons. The molecule has 0 aromatic carbocycles. The molecule has 0 bridgehead atoms. The third-order valence-corrected chi connectivity index (χ3v) is 8.83. The van der Waals surface area contributed by atoms with Gasteiger partial charge in [-0.05, 0) is 5.92 Å². The minimum Gasteiger partial charge on any atom is -0.0654 e. The summed E-state index contributed by atoms with van der Waals surface area (Å²) in [5, 5.41) is 0. The van der Waals surface area contributed by atoms with E-state index in [9.17, 15) is 0 Å². The second-order valence-corrected chi connectivity index (χ2v) is 12.9. The molecule has 0 aliphatic rings. The zero-order valence-electron chi connectivity index (χ0n) is 26.9. The van der Waals surface area contributed by atoms with Gasteiger partial charge in [0.25, 0.3) is 0 Å². The number of unbranched alkanes of at least 4 members (excludes halogenated alkanes) is 29. The monoisotopic (exact) mass is 521 g/mol. The zero-order valence-corrected chi connectivity index (χ0v) is 26.9. The van der Waals surface area contributed by atoms with Crippen LogP contribution >= 0.6 is 0 Å². The van der Waals surface area contributed by atoms with Crippen molar-refractivity contribution in [2.75, 3.05) is 0 Å². The van der Waals surface area contributed by atoms with Crippen LogP contribution in [0.15, 0.2) is 0 Å². The van der Waals surface area contributed by atoms with E-state index in [1.54, 1.807) is 0 Å². The molecule has 0 heteroatoms. The number of hydrogen-bond donors (Lipinski definition) is 0. The Hall–Kier alpha value is 0. The predicted molar refractivity (Wildman–Crippen MR) is 173 cm³/mol. The van der Waals surface area contributed by atoms with Crippen LogP contribution in [-0.2, 0) is 0 Å². The highest BCUT2D eigenvalue weighted by Crippen LogP contribution is 2.18. The Balaban J connectivity index is 3.03. The lowest BCUT2D eigenvalue weighted by Crippen LogP contribution is -1.93. The molecular weight excluding hydrogens is 444 g/mol. The SMILES string of the molecule is CCCCCCCCCCCCCCCCCCCCCCCCCCCCCCCCC(C)CCC. The van der Waals surface area contributed by atoms with Gasteiger partial charge in [-0.3, -0.25) is 0 Å². The highest BCUT2D eigenvalue weighted by Gasteiger charge is 2.00. The molecule has 0 nitrogen and oxygen atoms in total. The van der Waals surface area contributed by atoms with Crippen LogP contribution < -0.4 is 0 Å². The van der Waals surface area contributed by atoms with E-state index in [0.29, 0.717) is 0 Å². The maximum Gasteiger partial charge on any atom is -0.0443 e. The van der Waals surface area contributed by atoms with Crippen LogP contribution in [0.2, 0.25) is 0 Å². The molecule has 0 radical (unpaired) electrons. The van der Waals surface area contributed by atoms with E-state index in [2.05, 4.69) is 20.8 Å². The summed E-state index contributed by atoms with van der Waals surface area (Å²) in [4.78, 5) is 0. The summed E-state index contributed by atoms with van der Waals surface area (Å²) >= 11 is 0. The molecule has 0 spiro atoms. The van der Waals surface area contributed by atoms with Gasteiger partial charge < -0.3 is 0 Å². The largest absolute Gasteiger partial charge is 0.0654 e. The van der Waals surface area contributed by atoms with Crippen LogP contribution in [0.25, 0.3) is 0 Å². The first-order chi connectivity index (χ1) is 18.3. The molecular formula is C37H76. The topological polar surface area (TPSA) is 0 Å². The van der Waals surface area contributed by atoms with Crippen LogP contribution in [0.5, 0.6) is 0 Å². The fraction of sp³-hybridized carbons (Fsp3) is 1.00. The molecule has 1 unspecified atom stereocenters. The Morgan fingerprint density at radius 2 is 0.459 bits per heavy atom. The molecule has 0 amide bonds. The summed E-state index contributed by atoms with van der Waals surface area (Å²) in [6.07, 6.45) is 48.8. The van der Waals surface area contributed by atoms with E-state index in [4.69, 9.17) is 0 Å². The van der Waals surface area contributed by atoms with Gasteiger partial charge in [0, 0.05) is 0 Å². The summed E-state index contributed by atoms with van der Waals surface area (Å²) < 4.78 is 0. The first-order valence-corrected chi connectivity index (χ1v) is 18.3. The van der Waals surface area contributed by atoms with Crippen molar-refractivity contribution in [3.63, 3.8) is 0 Å². The first-order valence-electron chi connectivity index (χ1n) is 18.3. The lowest BCUT2D eigenvalue weighted by molar-refractivity contribution is 0.449. The molecule has 0 fully saturated rings. The van der Waals surface area contributed by atoms with Gasteiger partial charge in [0.05, 0.1) is 0 Å². The Labute approximate surface area is 238 Å². The molecule has 0 saturated carbocycles.